The monoisotopic (exact) mass is 251 g/mol. The fraction of sp³-hybridized carbons (Fsp3) is 0.300. The van der Waals surface area contributed by atoms with Crippen LogP contribution in [0.25, 0.3) is 0 Å². The van der Waals surface area contributed by atoms with Crippen molar-refractivity contribution in [3.05, 3.63) is 35.4 Å². The number of hydrogen-bond donors (Lipinski definition) is 2. The van der Waals surface area contributed by atoms with Crippen LogP contribution < -0.4 is 5.73 Å². The van der Waals surface area contributed by atoms with Gasteiger partial charge in [-0.1, -0.05) is 18.2 Å². The molecular weight excluding hydrogens is 240 g/mol. The smallest absolute Gasteiger partial charge is 0.336 e. The largest absolute Gasteiger partial charge is 0.478 e. The highest BCUT2D eigenvalue weighted by Gasteiger charge is 2.18. The molecule has 1 rings (SSSR count). The number of hydrogen-bond acceptors (Lipinski definition) is 2. The van der Waals surface area contributed by atoms with Gasteiger partial charge in [-0.25, -0.2) is 13.6 Å². The van der Waals surface area contributed by atoms with Crippen molar-refractivity contribution >= 4 is 18.4 Å². The van der Waals surface area contributed by atoms with Crippen molar-refractivity contribution in [3.63, 3.8) is 0 Å². The first kappa shape index (κ1) is 14.8. The molecule has 0 aromatic heterocycles. The fourth-order valence-electron chi connectivity index (χ4n) is 1.33. The minimum atomic E-state index is -2.54. The van der Waals surface area contributed by atoms with Gasteiger partial charge in [-0.05, 0) is 11.6 Å². The molecule has 3 N–H and O–H groups in total. The molecule has 0 saturated carbocycles. The normalized spacial score (nSPS) is 12.0. The predicted octanol–water partition coefficient (Wildman–Crippen LogP) is 2.46. The number of halogens is 3. The van der Waals surface area contributed by atoms with Crippen molar-refractivity contribution in [2.45, 2.75) is 18.9 Å². The van der Waals surface area contributed by atoms with Crippen LogP contribution in [0.2, 0.25) is 0 Å². The van der Waals surface area contributed by atoms with Crippen LogP contribution in [0.1, 0.15) is 28.4 Å². The third-order valence-electron chi connectivity index (χ3n) is 2.02. The van der Waals surface area contributed by atoms with E-state index in [4.69, 9.17) is 10.8 Å². The van der Waals surface area contributed by atoms with Crippen molar-refractivity contribution in [1.29, 1.82) is 0 Å². The zero-order valence-corrected chi connectivity index (χ0v) is 9.08. The van der Waals surface area contributed by atoms with E-state index in [-0.39, 0.29) is 23.5 Å². The molecule has 1 aromatic rings. The summed E-state index contributed by atoms with van der Waals surface area (Å²) in [7, 11) is 0. The van der Waals surface area contributed by atoms with E-state index < -0.39 is 24.9 Å². The minimum absolute atomic E-state index is 0. The maximum atomic E-state index is 12.1. The highest BCUT2D eigenvalue weighted by Crippen LogP contribution is 2.21. The van der Waals surface area contributed by atoms with Crippen molar-refractivity contribution < 1.29 is 18.7 Å². The summed E-state index contributed by atoms with van der Waals surface area (Å²) in [4.78, 5) is 10.8. The summed E-state index contributed by atoms with van der Waals surface area (Å²) >= 11 is 0. The lowest BCUT2D eigenvalue weighted by Gasteiger charge is -2.13. The molecule has 1 atom stereocenters. The summed E-state index contributed by atoms with van der Waals surface area (Å²) in [6.07, 6.45) is -3.08. The Kier molecular flexibility index (Phi) is 5.92. The molecule has 0 bridgehead atoms. The number of carboxylic acids is 1. The van der Waals surface area contributed by atoms with Gasteiger partial charge in [-0.2, -0.15) is 0 Å². The van der Waals surface area contributed by atoms with Gasteiger partial charge in [-0.15, -0.1) is 12.4 Å². The molecule has 6 heteroatoms. The molecule has 0 aliphatic carbocycles. The lowest BCUT2D eigenvalue weighted by molar-refractivity contribution is 0.0693. The Hall–Kier alpha value is -1.20. The van der Waals surface area contributed by atoms with Gasteiger partial charge in [0.2, 0.25) is 6.43 Å². The number of carboxylic acid groups (broad SMARTS) is 1. The zero-order valence-electron chi connectivity index (χ0n) is 8.27. The lowest BCUT2D eigenvalue weighted by atomic mass is 9.99. The number of aromatic carboxylic acids is 1. The molecule has 0 spiro atoms. The molecule has 0 saturated heterocycles. The van der Waals surface area contributed by atoms with E-state index >= 15 is 0 Å². The van der Waals surface area contributed by atoms with E-state index in [1.807, 2.05) is 0 Å². The van der Waals surface area contributed by atoms with E-state index in [1.165, 1.54) is 18.2 Å². The molecule has 0 heterocycles. The second-order valence-electron chi connectivity index (χ2n) is 3.13. The van der Waals surface area contributed by atoms with Crippen molar-refractivity contribution in [3.8, 4) is 0 Å². The van der Waals surface area contributed by atoms with E-state index in [9.17, 15) is 13.6 Å². The highest BCUT2D eigenvalue weighted by atomic mass is 35.5. The van der Waals surface area contributed by atoms with Gasteiger partial charge >= 0.3 is 5.97 Å². The average Bonchev–Trinajstić information content (AvgIpc) is 2.16. The SMILES string of the molecule is Cl.N[C@@H](CC(F)F)c1ccccc1C(=O)O. The first-order valence-corrected chi connectivity index (χ1v) is 4.38. The van der Waals surface area contributed by atoms with Crippen LogP contribution in [0.3, 0.4) is 0 Å². The first-order chi connectivity index (χ1) is 7.02. The van der Waals surface area contributed by atoms with Crippen LogP contribution >= 0.6 is 12.4 Å². The molecule has 0 aliphatic heterocycles. The summed E-state index contributed by atoms with van der Waals surface area (Å²) in [6, 6.07) is 4.96. The van der Waals surface area contributed by atoms with Crippen LogP contribution in [0, 0.1) is 0 Å². The molecular formula is C10H12ClF2NO2. The quantitative estimate of drug-likeness (QED) is 0.864. The molecule has 16 heavy (non-hydrogen) atoms. The second kappa shape index (κ2) is 6.40. The van der Waals surface area contributed by atoms with Gasteiger partial charge < -0.3 is 10.8 Å². The first-order valence-electron chi connectivity index (χ1n) is 4.38. The van der Waals surface area contributed by atoms with Gasteiger partial charge in [0.25, 0.3) is 0 Å². The number of nitrogens with two attached hydrogens (primary N) is 1. The summed E-state index contributed by atoms with van der Waals surface area (Å²) in [5.74, 6) is -1.16. The molecule has 0 fully saturated rings. The number of benzene rings is 1. The summed E-state index contributed by atoms with van der Waals surface area (Å²) < 4.78 is 24.2. The Morgan fingerprint density at radius 1 is 1.38 bits per heavy atom. The molecule has 0 aliphatic rings. The van der Waals surface area contributed by atoms with Crippen LogP contribution in [0.15, 0.2) is 24.3 Å². The molecule has 3 nitrogen and oxygen atoms in total. The number of alkyl halides is 2. The molecule has 0 radical (unpaired) electrons. The van der Waals surface area contributed by atoms with Crippen LogP contribution in [-0.4, -0.2) is 17.5 Å². The molecule has 90 valence electrons. The summed E-state index contributed by atoms with van der Waals surface area (Å²) in [6.45, 7) is 0. The third kappa shape index (κ3) is 3.75. The minimum Gasteiger partial charge on any atom is -0.478 e. The third-order valence-corrected chi connectivity index (χ3v) is 2.02. The van der Waals surface area contributed by atoms with Gasteiger partial charge in [-0.3, -0.25) is 0 Å². The average molecular weight is 252 g/mol. The zero-order chi connectivity index (χ0) is 11.4. The Bertz CT molecular complexity index is 360. The fourth-order valence-corrected chi connectivity index (χ4v) is 1.33. The molecule has 0 amide bonds. The Morgan fingerprint density at radius 2 is 1.94 bits per heavy atom. The van der Waals surface area contributed by atoms with Gasteiger partial charge in [0.15, 0.2) is 0 Å². The van der Waals surface area contributed by atoms with Crippen LogP contribution in [0.4, 0.5) is 8.78 Å². The van der Waals surface area contributed by atoms with Crippen molar-refractivity contribution in [1.82, 2.24) is 0 Å². The second-order valence-corrected chi connectivity index (χ2v) is 3.13. The Balaban J connectivity index is 0.00000225. The Morgan fingerprint density at radius 3 is 2.44 bits per heavy atom. The number of rotatable bonds is 4. The lowest BCUT2D eigenvalue weighted by Crippen LogP contribution is -2.17. The maximum Gasteiger partial charge on any atom is 0.336 e. The highest BCUT2D eigenvalue weighted by molar-refractivity contribution is 5.89. The summed E-state index contributed by atoms with van der Waals surface area (Å²) in [5.41, 5.74) is 5.71. The standard InChI is InChI=1S/C10H11F2NO2.ClH/c11-9(12)5-8(13)6-3-1-2-4-7(6)10(14)15;/h1-4,8-9H,5,13H2,(H,14,15);1H/t8-;/m0./s1. The van der Waals surface area contributed by atoms with Crippen LogP contribution in [0.5, 0.6) is 0 Å². The van der Waals surface area contributed by atoms with Crippen molar-refractivity contribution in [2.24, 2.45) is 5.73 Å². The van der Waals surface area contributed by atoms with Crippen molar-refractivity contribution in [2.75, 3.05) is 0 Å². The van der Waals surface area contributed by atoms with Gasteiger partial charge in [0.1, 0.15) is 0 Å². The van der Waals surface area contributed by atoms with Gasteiger partial charge in [0.05, 0.1) is 5.56 Å². The topological polar surface area (TPSA) is 63.3 Å². The van der Waals surface area contributed by atoms with E-state index in [0.29, 0.717) is 0 Å². The number of carbonyl (C=O) groups is 1. The van der Waals surface area contributed by atoms with Crippen LogP contribution in [-0.2, 0) is 0 Å². The van der Waals surface area contributed by atoms with E-state index in [1.54, 1.807) is 6.07 Å². The Labute approximate surface area is 97.7 Å². The maximum absolute atomic E-state index is 12.1. The predicted molar refractivity (Wildman–Crippen MR) is 58.2 cm³/mol. The molecule has 0 unspecified atom stereocenters. The van der Waals surface area contributed by atoms with E-state index in [0.717, 1.165) is 0 Å². The van der Waals surface area contributed by atoms with Gasteiger partial charge in [0, 0.05) is 12.5 Å². The molecule has 1 aromatic carbocycles. The summed E-state index contributed by atoms with van der Waals surface area (Å²) in [5, 5.41) is 8.81. The van der Waals surface area contributed by atoms with E-state index in [2.05, 4.69) is 0 Å².